The number of piperazine rings is 1. The predicted molar refractivity (Wildman–Crippen MR) is 131 cm³/mol. The van der Waals surface area contributed by atoms with Crippen LogP contribution in [0.2, 0.25) is 0 Å². The van der Waals surface area contributed by atoms with Crippen molar-refractivity contribution < 1.29 is 9.53 Å². The monoisotopic (exact) mass is 431 g/mol. The first-order chi connectivity index (χ1) is 15.7. The van der Waals surface area contributed by atoms with E-state index in [4.69, 9.17) is 9.72 Å². The molecule has 0 N–H and O–H groups in total. The topological polar surface area (TPSA) is 45.7 Å². The molecule has 1 aliphatic heterocycles. The standard InChI is InChI=1S/C27H33N3O2/c1-3-4-5-8-19-32-23-13-11-22(12-14-23)27(31)30-17-15-29(16-18-30)26-20-21(2)24-9-6-7-10-25(24)28-26/h6-7,9-14,20H,3-5,8,15-19H2,1-2H3. The van der Waals surface area contributed by atoms with Crippen LogP contribution >= 0.6 is 0 Å². The third-order valence-corrected chi connectivity index (χ3v) is 6.17. The fourth-order valence-corrected chi connectivity index (χ4v) is 4.23. The van der Waals surface area contributed by atoms with E-state index in [0.717, 1.165) is 48.8 Å². The summed E-state index contributed by atoms with van der Waals surface area (Å²) in [6.07, 6.45) is 4.75. The Kier molecular flexibility index (Phi) is 7.25. The molecular weight excluding hydrogens is 398 g/mol. The molecule has 0 bridgehead atoms. The molecule has 0 radical (unpaired) electrons. The van der Waals surface area contributed by atoms with Crippen LogP contribution in [-0.4, -0.2) is 48.6 Å². The number of nitrogens with zero attached hydrogens (tertiary/aromatic N) is 3. The Labute approximate surface area is 191 Å². The summed E-state index contributed by atoms with van der Waals surface area (Å²) in [6, 6.07) is 18.0. The number of amides is 1. The molecule has 1 aromatic heterocycles. The van der Waals surface area contributed by atoms with Crippen molar-refractivity contribution in [3.8, 4) is 5.75 Å². The maximum atomic E-state index is 13.0. The summed E-state index contributed by atoms with van der Waals surface area (Å²) in [7, 11) is 0. The van der Waals surface area contributed by atoms with Gasteiger partial charge in [-0.25, -0.2) is 4.98 Å². The van der Waals surface area contributed by atoms with E-state index in [0.29, 0.717) is 13.1 Å². The smallest absolute Gasteiger partial charge is 0.253 e. The van der Waals surface area contributed by atoms with Crippen molar-refractivity contribution in [3.05, 3.63) is 65.7 Å². The van der Waals surface area contributed by atoms with Gasteiger partial charge in [0.2, 0.25) is 0 Å². The van der Waals surface area contributed by atoms with Crippen LogP contribution in [0.25, 0.3) is 10.9 Å². The lowest BCUT2D eigenvalue weighted by Crippen LogP contribution is -2.49. The third kappa shape index (κ3) is 5.21. The van der Waals surface area contributed by atoms with E-state index in [9.17, 15) is 4.79 Å². The van der Waals surface area contributed by atoms with Crippen LogP contribution in [0.3, 0.4) is 0 Å². The average molecular weight is 432 g/mol. The van der Waals surface area contributed by atoms with Gasteiger partial charge >= 0.3 is 0 Å². The third-order valence-electron chi connectivity index (χ3n) is 6.17. The summed E-state index contributed by atoms with van der Waals surface area (Å²) in [5.74, 6) is 1.91. The summed E-state index contributed by atoms with van der Waals surface area (Å²) in [4.78, 5) is 22.0. The molecule has 5 heteroatoms. The molecule has 168 valence electrons. The molecule has 0 spiro atoms. The maximum Gasteiger partial charge on any atom is 0.253 e. The van der Waals surface area contributed by atoms with Crippen molar-refractivity contribution >= 4 is 22.6 Å². The minimum absolute atomic E-state index is 0.0850. The zero-order valence-electron chi connectivity index (χ0n) is 19.2. The number of benzene rings is 2. The molecule has 0 saturated carbocycles. The molecule has 1 aliphatic rings. The Morgan fingerprint density at radius 3 is 2.47 bits per heavy atom. The molecular formula is C27H33N3O2. The zero-order chi connectivity index (χ0) is 22.3. The van der Waals surface area contributed by atoms with Gasteiger partial charge in [-0.05, 0) is 55.3 Å². The van der Waals surface area contributed by atoms with E-state index < -0.39 is 0 Å². The van der Waals surface area contributed by atoms with Crippen LogP contribution < -0.4 is 9.64 Å². The van der Waals surface area contributed by atoms with E-state index in [2.05, 4.69) is 36.9 Å². The van der Waals surface area contributed by atoms with Crippen molar-refractivity contribution in [1.29, 1.82) is 0 Å². The first kappa shape index (κ1) is 22.1. The van der Waals surface area contributed by atoms with Gasteiger partial charge < -0.3 is 14.5 Å². The van der Waals surface area contributed by atoms with Crippen molar-refractivity contribution in [1.82, 2.24) is 9.88 Å². The van der Waals surface area contributed by atoms with E-state index in [1.165, 1.54) is 30.2 Å². The second-order valence-electron chi connectivity index (χ2n) is 8.53. The van der Waals surface area contributed by atoms with Crippen LogP contribution in [0, 0.1) is 6.92 Å². The van der Waals surface area contributed by atoms with Crippen molar-refractivity contribution in [2.45, 2.75) is 39.5 Å². The van der Waals surface area contributed by atoms with Gasteiger partial charge in [-0.2, -0.15) is 0 Å². The molecule has 5 nitrogen and oxygen atoms in total. The second-order valence-corrected chi connectivity index (χ2v) is 8.53. The van der Waals surface area contributed by atoms with E-state index in [-0.39, 0.29) is 5.91 Å². The summed E-state index contributed by atoms with van der Waals surface area (Å²) < 4.78 is 5.80. The summed E-state index contributed by atoms with van der Waals surface area (Å²) in [5.41, 5.74) is 2.97. The highest BCUT2D eigenvalue weighted by molar-refractivity contribution is 5.94. The number of unbranched alkanes of at least 4 members (excludes halogenated alkanes) is 3. The molecule has 1 amide bonds. The van der Waals surface area contributed by atoms with Gasteiger partial charge in [0.25, 0.3) is 5.91 Å². The zero-order valence-corrected chi connectivity index (χ0v) is 19.2. The molecule has 0 atom stereocenters. The quantitative estimate of drug-likeness (QED) is 0.444. The predicted octanol–water partition coefficient (Wildman–Crippen LogP) is 5.46. The number of para-hydroxylation sites is 1. The Morgan fingerprint density at radius 2 is 1.72 bits per heavy atom. The summed E-state index contributed by atoms with van der Waals surface area (Å²) in [5, 5.41) is 1.19. The lowest BCUT2D eigenvalue weighted by Gasteiger charge is -2.35. The fourth-order valence-electron chi connectivity index (χ4n) is 4.23. The number of hydrogen-bond donors (Lipinski definition) is 0. The number of ether oxygens (including phenoxy) is 1. The Morgan fingerprint density at radius 1 is 0.969 bits per heavy atom. The van der Waals surface area contributed by atoms with Gasteiger partial charge in [-0.1, -0.05) is 44.4 Å². The highest BCUT2D eigenvalue weighted by atomic mass is 16.5. The SMILES string of the molecule is CCCCCCOc1ccc(C(=O)N2CCN(c3cc(C)c4ccccc4n3)CC2)cc1. The lowest BCUT2D eigenvalue weighted by atomic mass is 10.1. The van der Waals surface area contributed by atoms with Gasteiger partial charge in [0.15, 0.2) is 0 Å². The second kappa shape index (κ2) is 10.5. The first-order valence-electron chi connectivity index (χ1n) is 11.8. The van der Waals surface area contributed by atoms with Crippen LogP contribution in [0.5, 0.6) is 5.75 Å². The van der Waals surface area contributed by atoms with E-state index in [1.54, 1.807) is 0 Å². The number of rotatable bonds is 8. The largest absolute Gasteiger partial charge is 0.494 e. The van der Waals surface area contributed by atoms with Crippen molar-refractivity contribution in [3.63, 3.8) is 0 Å². The van der Waals surface area contributed by atoms with Crippen LogP contribution in [-0.2, 0) is 0 Å². The number of hydrogen-bond acceptors (Lipinski definition) is 4. The Hall–Kier alpha value is -3.08. The van der Waals surface area contributed by atoms with Gasteiger partial charge in [-0.15, -0.1) is 0 Å². The van der Waals surface area contributed by atoms with Gasteiger partial charge in [0.05, 0.1) is 12.1 Å². The minimum atomic E-state index is 0.0850. The van der Waals surface area contributed by atoms with Crippen LogP contribution in [0.1, 0.15) is 48.5 Å². The van der Waals surface area contributed by atoms with Crippen molar-refractivity contribution in [2.75, 3.05) is 37.7 Å². The highest BCUT2D eigenvalue weighted by Crippen LogP contribution is 2.23. The minimum Gasteiger partial charge on any atom is -0.494 e. The average Bonchev–Trinajstić information content (AvgIpc) is 2.84. The van der Waals surface area contributed by atoms with Gasteiger partial charge in [0.1, 0.15) is 11.6 Å². The molecule has 2 aromatic carbocycles. The molecule has 2 heterocycles. The summed E-state index contributed by atoms with van der Waals surface area (Å²) in [6.45, 7) is 8.04. The number of carbonyl (C=O) groups excluding carboxylic acids is 1. The molecule has 32 heavy (non-hydrogen) atoms. The highest BCUT2D eigenvalue weighted by Gasteiger charge is 2.23. The molecule has 1 fully saturated rings. The molecule has 1 saturated heterocycles. The maximum absolute atomic E-state index is 13.0. The normalized spacial score (nSPS) is 14.1. The number of pyridine rings is 1. The molecule has 4 rings (SSSR count). The van der Waals surface area contributed by atoms with E-state index in [1.807, 2.05) is 41.3 Å². The molecule has 0 aliphatic carbocycles. The molecule has 3 aromatic rings. The Bertz CT molecular complexity index is 1040. The Balaban J connectivity index is 1.32. The number of aryl methyl sites for hydroxylation is 1. The van der Waals surface area contributed by atoms with E-state index >= 15 is 0 Å². The fraction of sp³-hybridized carbons (Fsp3) is 0.407. The van der Waals surface area contributed by atoms with Gasteiger partial charge in [-0.3, -0.25) is 4.79 Å². The number of carbonyl (C=O) groups is 1. The van der Waals surface area contributed by atoms with Crippen LogP contribution in [0.15, 0.2) is 54.6 Å². The van der Waals surface area contributed by atoms with Crippen LogP contribution in [0.4, 0.5) is 5.82 Å². The first-order valence-corrected chi connectivity index (χ1v) is 11.8. The number of aromatic nitrogens is 1. The molecule has 0 unspecified atom stereocenters. The summed E-state index contributed by atoms with van der Waals surface area (Å²) >= 11 is 0. The number of fused-ring (bicyclic) bond motifs is 1. The van der Waals surface area contributed by atoms with Crippen molar-refractivity contribution in [2.24, 2.45) is 0 Å². The lowest BCUT2D eigenvalue weighted by molar-refractivity contribution is 0.0746. The number of anilines is 1. The van der Waals surface area contributed by atoms with Gasteiger partial charge in [0, 0.05) is 37.1 Å².